The van der Waals surface area contributed by atoms with Gasteiger partial charge in [0.1, 0.15) is 0 Å². The van der Waals surface area contributed by atoms with Crippen LogP contribution < -0.4 is 5.73 Å². The molecular weight excluding hydrogens is 178 g/mol. The van der Waals surface area contributed by atoms with Gasteiger partial charge >= 0.3 is 0 Å². The van der Waals surface area contributed by atoms with Crippen molar-refractivity contribution in [3.63, 3.8) is 0 Å². The van der Waals surface area contributed by atoms with Crippen LogP contribution in [0.4, 0.5) is 0 Å². The predicted octanol–water partition coefficient (Wildman–Crippen LogP) is 0.715. The van der Waals surface area contributed by atoms with Crippen LogP contribution in [0.15, 0.2) is 30.6 Å². The van der Waals surface area contributed by atoms with Crippen molar-refractivity contribution in [3.8, 4) is 0 Å². The van der Waals surface area contributed by atoms with Crippen molar-refractivity contribution in [2.24, 2.45) is 5.73 Å². The lowest BCUT2D eigenvalue weighted by Gasteiger charge is -2.15. The number of aromatic nitrogens is 2. The molecule has 0 bridgehead atoms. The third-order valence-corrected chi connectivity index (χ3v) is 2.29. The molecular formula is C10H13N3O. The highest BCUT2D eigenvalue weighted by Gasteiger charge is 2.15. The molecule has 0 spiro atoms. The van der Waals surface area contributed by atoms with E-state index >= 15 is 0 Å². The summed E-state index contributed by atoms with van der Waals surface area (Å²) in [6, 6.07) is 5.29. The lowest BCUT2D eigenvalue weighted by atomic mass is 10.0. The molecule has 0 saturated carbocycles. The van der Waals surface area contributed by atoms with E-state index in [2.05, 4.69) is 5.10 Å². The highest BCUT2D eigenvalue weighted by Crippen LogP contribution is 2.20. The van der Waals surface area contributed by atoms with Gasteiger partial charge in [-0.25, -0.2) is 4.52 Å². The second-order valence-electron chi connectivity index (χ2n) is 3.43. The Bertz CT molecular complexity index is 436. The van der Waals surface area contributed by atoms with Gasteiger partial charge in [0.15, 0.2) is 0 Å². The second-order valence-corrected chi connectivity index (χ2v) is 3.43. The number of aliphatic hydroxyl groups is 1. The van der Waals surface area contributed by atoms with E-state index in [9.17, 15) is 5.11 Å². The summed E-state index contributed by atoms with van der Waals surface area (Å²) in [6.45, 7) is 1.78. The van der Waals surface area contributed by atoms with Gasteiger partial charge in [-0.1, -0.05) is 6.07 Å². The Balaban J connectivity index is 2.56. The summed E-state index contributed by atoms with van der Waals surface area (Å²) in [4.78, 5) is 0. The molecule has 2 rings (SSSR count). The van der Waals surface area contributed by atoms with Gasteiger partial charge in [-0.3, -0.25) is 0 Å². The van der Waals surface area contributed by atoms with E-state index < -0.39 is 6.10 Å². The molecule has 0 aliphatic carbocycles. The largest absolute Gasteiger partial charge is 0.387 e. The van der Waals surface area contributed by atoms with Crippen LogP contribution in [0.1, 0.15) is 18.6 Å². The van der Waals surface area contributed by atoms with Gasteiger partial charge in [-0.15, -0.1) is 0 Å². The van der Waals surface area contributed by atoms with Crippen molar-refractivity contribution in [2.75, 3.05) is 0 Å². The average Bonchev–Trinajstić information content (AvgIpc) is 2.63. The van der Waals surface area contributed by atoms with Crippen LogP contribution in [0.5, 0.6) is 0 Å². The zero-order valence-corrected chi connectivity index (χ0v) is 7.96. The predicted molar refractivity (Wildman–Crippen MR) is 53.8 cm³/mol. The summed E-state index contributed by atoms with van der Waals surface area (Å²) >= 11 is 0. The Morgan fingerprint density at radius 1 is 1.50 bits per heavy atom. The first-order valence-corrected chi connectivity index (χ1v) is 4.56. The fourth-order valence-electron chi connectivity index (χ4n) is 1.51. The Hall–Kier alpha value is -1.39. The minimum absolute atomic E-state index is 0.281. The highest BCUT2D eigenvalue weighted by atomic mass is 16.3. The minimum atomic E-state index is -0.643. The van der Waals surface area contributed by atoms with Gasteiger partial charge in [0.2, 0.25) is 0 Å². The average molecular weight is 191 g/mol. The maximum Gasteiger partial charge on any atom is 0.0958 e. The fourth-order valence-corrected chi connectivity index (χ4v) is 1.51. The summed E-state index contributed by atoms with van der Waals surface area (Å²) in [7, 11) is 0. The summed E-state index contributed by atoms with van der Waals surface area (Å²) in [5.74, 6) is 0. The first-order chi connectivity index (χ1) is 6.70. The number of rotatable bonds is 2. The van der Waals surface area contributed by atoms with Gasteiger partial charge in [-0.2, -0.15) is 5.10 Å². The molecule has 4 nitrogen and oxygen atoms in total. The van der Waals surface area contributed by atoms with Crippen LogP contribution in [-0.2, 0) is 0 Å². The molecule has 2 heterocycles. The molecule has 0 aromatic carbocycles. The van der Waals surface area contributed by atoms with E-state index in [4.69, 9.17) is 5.73 Å². The van der Waals surface area contributed by atoms with Gasteiger partial charge < -0.3 is 10.8 Å². The summed E-state index contributed by atoms with van der Waals surface area (Å²) in [5, 5.41) is 13.9. The van der Waals surface area contributed by atoms with Crippen molar-refractivity contribution >= 4 is 5.52 Å². The maximum atomic E-state index is 9.85. The van der Waals surface area contributed by atoms with Crippen LogP contribution >= 0.6 is 0 Å². The first kappa shape index (κ1) is 9.18. The van der Waals surface area contributed by atoms with Crippen LogP contribution in [0.2, 0.25) is 0 Å². The highest BCUT2D eigenvalue weighted by molar-refractivity contribution is 5.54. The molecule has 14 heavy (non-hydrogen) atoms. The monoisotopic (exact) mass is 191 g/mol. The maximum absolute atomic E-state index is 9.85. The smallest absolute Gasteiger partial charge is 0.0958 e. The number of hydrogen-bond acceptors (Lipinski definition) is 3. The van der Waals surface area contributed by atoms with E-state index in [1.165, 1.54) is 0 Å². The number of fused-ring (bicyclic) bond motifs is 1. The molecule has 0 radical (unpaired) electrons. The SMILES string of the molecule is CC(N)C(O)c1cccn2nccc12. The molecule has 0 saturated heterocycles. The zero-order chi connectivity index (χ0) is 10.1. The zero-order valence-electron chi connectivity index (χ0n) is 7.96. The molecule has 0 fully saturated rings. The summed E-state index contributed by atoms with van der Waals surface area (Å²) in [6.07, 6.45) is 2.90. The number of hydrogen-bond donors (Lipinski definition) is 2. The van der Waals surface area contributed by atoms with Crippen LogP contribution in [0, 0.1) is 0 Å². The van der Waals surface area contributed by atoms with E-state index in [0.29, 0.717) is 0 Å². The number of pyridine rings is 1. The van der Waals surface area contributed by atoms with Gasteiger partial charge in [0.05, 0.1) is 11.6 Å². The van der Waals surface area contributed by atoms with Crippen LogP contribution in [0.25, 0.3) is 5.52 Å². The Labute approximate surface area is 82.0 Å². The topological polar surface area (TPSA) is 63.5 Å². The lowest BCUT2D eigenvalue weighted by molar-refractivity contribution is 0.154. The molecule has 2 atom stereocenters. The van der Waals surface area contributed by atoms with E-state index in [0.717, 1.165) is 11.1 Å². The van der Waals surface area contributed by atoms with Crippen molar-refractivity contribution < 1.29 is 5.11 Å². The van der Waals surface area contributed by atoms with Gasteiger partial charge in [0.25, 0.3) is 0 Å². The van der Waals surface area contributed by atoms with Crippen molar-refractivity contribution in [2.45, 2.75) is 19.1 Å². The molecule has 2 unspecified atom stereocenters. The number of nitrogens with zero attached hydrogens (tertiary/aromatic N) is 2. The van der Waals surface area contributed by atoms with E-state index in [1.807, 2.05) is 24.4 Å². The molecule has 2 aromatic heterocycles. The van der Waals surface area contributed by atoms with Gasteiger partial charge in [-0.05, 0) is 19.1 Å². The molecule has 0 amide bonds. The molecule has 3 N–H and O–H groups in total. The molecule has 4 heteroatoms. The molecule has 0 aliphatic heterocycles. The van der Waals surface area contributed by atoms with Crippen LogP contribution in [0.3, 0.4) is 0 Å². The first-order valence-electron chi connectivity index (χ1n) is 4.56. The third-order valence-electron chi connectivity index (χ3n) is 2.29. The quantitative estimate of drug-likeness (QED) is 0.735. The van der Waals surface area contributed by atoms with Crippen molar-refractivity contribution in [3.05, 3.63) is 36.2 Å². The van der Waals surface area contributed by atoms with Crippen molar-refractivity contribution in [1.29, 1.82) is 0 Å². The normalized spacial score (nSPS) is 15.6. The Morgan fingerprint density at radius 3 is 3.00 bits per heavy atom. The summed E-state index contributed by atoms with van der Waals surface area (Å²) in [5.41, 5.74) is 7.37. The molecule has 2 aromatic rings. The van der Waals surface area contributed by atoms with E-state index in [1.54, 1.807) is 17.6 Å². The summed E-state index contributed by atoms with van der Waals surface area (Å²) < 4.78 is 1.72. The standard InChI is InChI=1S/C10H13N3O/c1-7(11)10(14)8-3-2-6-13-9(8)4-5-12-13/h2-7,10,14H,11H2,1H3. The number of nitrogens with two attached hydrogens (primary N) is 1. The Morgan fingerprint density at radius 2 is 2.29 bits per heavy atom. The third kappa shape index (κ3) is 1.38. The van der Waals surface area contributed by atoms with Gasteiger partial charge in [0, 0.05) is 24.0 Å². The minimum Gasteiger partial charge on any atom is -0.387 e. The lowest BCUT2D eigenvalue weighted by Crippen LogP contribution is -2.24. The molecule has 0 aliphatic rings. The number of aliphatic hydroxyl groups excluding tert-OH is 1. The van der Waals surface area contributed by atoms with Crippen molar-refractivity contribution in [1.82, 2.24) is 9.61 Å². The molecule has 74 valence electrons. The van der Waals surface area contributed by atoms with E-state index in [-0.39, 0.29) is 6.04 Å². The second kappa shape index (κ2) is 3.40. The Kier molecular flexibility index (Phi) is 2.23. The van der Waals surface area contributed by atoms with Crippen LogP contribution in [-0.4, -0.2) is 20.8 Å². The fraction of sp³-hybridized carbons (Fsp3) is 0.300.